The summed E-state index contributed by atoms with van der Waals surface area (Å²) < 4.78 is 26.1. The van der Waals surface area contributed by atoms with Gasteiger partial charge in [-0.15, -0.1) is 0 Å². The molecule has 1 unspecified atom stereocenters. The molecule has 2 aromatic rings. The molecule has 0 bridgehead atoms. The normalized spacial score (nSPS) is 12.2. The zero-order chi connectivity index (χ0) is 22.6. The van der Waals surface area contributed by atoms with Crippen LogP contribution in [0.25, 0.3) is 11.1 Å². The van der Waals surface area contributed by atoms with Crippen molar-refractivity contribution in [1.29, 1.82) is 0 Å². The van der Waals surface area contributed by atoms with Crippen molar-refractivity contribution in [2.45, 2.75) is 52.7 Å². The van der Waals surface area contributed by atoms with Gasteiger partial charge in [0.1, 0.15) is 17.2 Å². The first-order valence-electron chi connectivity index (χ1n) is 9.59. The van der Waals surface area contributed by atoms with Crippen molar-refractivity contribution in [2.75, 3.05) is 7.11 Å². The van der Waals surface area contributed by atoms with Crippen molar-refractivity contribution in [3.8, 4) is 16.9 Å². The number of methoxy groups -OCH3 is 1. The number of rotatable bonds is 6. The molecule has 2 N–H and O–H groups in total. The van der Waals surface area contributed by atoms with Gasteiger partial charge in [0.05, 0.1) is 25.1 Å². The summed E-state index contributed by atoms with van der Waals surface area (Å²) in [5.74, 6) is -1.65. The largest absolute Gasteiger partial charge is 0.496 e. The number of aryl methyl sites for hydroxylation is 2. The number of carboxylic acid groups (broad SMARTS) is 1. The minimum atomic E-state index is -1.20. The average Bonchev–Trinajstić information content (AvgIpc) is 2.61. The van der Waals surface area contributed by atoms with Gasteiger partial charge in [-0.3, -0.25) is 4.79 Å². The molecular weight excluding hydrogens is 389 g/mol. The van der Waals surface area contributed by atoms with Gasteiger partial charge >= 0.3 is 12.1 Å². The fraction of sp³-hybridized carbons (Fsp3) is 0.391. The predicted molar refractivity (Wildman–Crippen MR) is 112 cm³/mol. The number of carboxylic acids is 1. The molecule has 1 amide bonds. The van der Waals surface area contributed by atoms with E-state index in [0.29, 0.717) is 11.1 Å². The predicted octanol–water partition coefficient (Wildman–Crippen LogP) is 5.16. The van der Waals surface area contributed by atoms with Crippen molar-refractivity contribution in [3.63, 3.8) is 0 Å². The van der Waals surface area contributed by atoms with Crippen LogP contribution in [0.15, 0.2) is 30.3 Å². The Morgan fingerprint density at radius 2 is 1.77 bits per heavy atom. The molecule has 0 heterocycles. The Kier molecular flexibility index (Phi) is 7.08. The SMILES string of the molecule is COc1c(-c2ccccc2C)cc(C)c(F)c1C(CC(=O)O)NC(=O)OC(C)(C)C. The summed E-state index contributed by atoms with van der Waals surface area (Å²) in [6, 6.07) is 8.01. The van der Waals surface area contributed by atoms with Crippen LogP contribution in [0, 0.1) is 19.7 Å². The van der Waals surface area contributed by atoms with Crippen LogP contribution in [-0.2, 0) is 9.53 Å². The number of carbonyl (C=O) groups excluding carboxylic acids is 1. The molecule has 0 aliphatic heterocycles. The summed E-state index contributed by atoms with van der Waals surface area (Å²) in [6.07, 6.45) is -1.38. The number of carbonyl (C=O) groups is 2. The summed E-state index contributed by atoms with van der Waals surface area (Å²) in [4.78, 5) is 23.8. The molecule has 0 aliphatic carbocycles. The summed E-state index contributed by atoms with van der Waals surface area (Å²) in [5, 5.41) is 11.9. The van der Waals surface area contributed by atoms with Gasteiger partial charge in [-0.25, -0.2) is 9.18 Å². The number of halogens is 1. The van der Waals surface area contributed by atoms with E-state index in [4.69, 9.17) is 9.47 Å². The van der Waals surface area contributed by atoms with Crippen molar-refractivity contribution in [1.82, 2.24) is 5.32 Å². The third-order valence-electron chi connectivity index (χ3n) is 4.49. The summed E-state index contributed by atoms with van der Waals surface area (Å²) in [5.41, 5.74) is 1.88. The minimum absolute atomic E-state index is 0.0241. The van der Waals surface area contributed by atoms with Gasteiger partial charge in [0.15, 0.2) is 0 Å². The Bertz CT molecular complexity index is 949. The van der Waals surface area contributed by atoms with E-state index in [2.05, 4.69) is 5.32 Å². The fourth-order valence-corrected chi connectivity index (χ4v) is 3.26. The Hall–Kier alpha value is -3.09. The zero-order valence-electron chi connectivity index (χ0n) is 18.1. The Morgan fingerprint density at radius 1 is 1.13 bits per heavy atom. The Balaban J connectivity index is 2.66. The smallest absolute Gasteiger partial charge is 0.408 e. The summed E-state index contributed by atoms with van der Waals surface area (Å²) >= 11 is 0. The molecule has 7 heteroatoms. The lowest BCUT2D eigenvalue weighted by molar-refractivity contribution is -0.137. The third kappa shape index (κ3) is 5.49. The second kappa shape index (κ2) is 9.15. The first kappa shape index (κ1) is 23.2. The molecule has 162 valence electrons. The maximum Gasteiger partial charge on any atom is 0.408 e. The first-order chi connectivity index (χ1) is 13.9. The number of ether oxygens (including phenoxy) is 2. The monoisotopic (exact) mass is 417 g/mol. The van der Waals surface area contributed by atoms with E-state index in [0.717, 1.165) is 11.1 Å². The highest BCUT2D eigenvalue weighted by Gasteiger charge is 2.30. The van der Waals surface area contributed by atoms with E-state index in [9.17, 15) is 14.7 Å². The zero-order valence-corrected chi connectivity index (χ0v) is 18.1. The molecule has 0 saturated heterocycles. The van der Waals surface area contributed by atoms with Gasteiger partial charge in [-0.1, -0.05) is 24.3 Å². The second-order valence-corrected chi connectivity index (χ2v) is 8.11. The Labute approximate surface area is 176 Å². The lowest BCUT2D eigenvalue weighted by Gasteiger charge is -2.26. The standard InChI is InChI=1S/C23H28FNO5/c1-13-9-7-8-10-15(13)16-11-14(2)20(24)19(21(16)29-6)17(12-18(26)27)25-22(28)30-23(3,4)5/h7-11,17H,12H2,1-6H3,(H,25,28)(H,26,27). The van der Waals surface area contributed by atoms with Crippen LogP contribution in [0.5, 0.6) is 5.75 Å². The molecule has 2 rings (SSSR count). The molecule has 0 aromatic heterocycles. The van der Waals surface area contributed by atoms with Gasteiger partial charge in [-0.05, 0) is 57.4 Å². The van der Waals surface area contributed by atoms with Crippen LogP contribution >= 0.6 is 0 Å². The number of hydrogen-bond donors (Lipinski definition) is 2. The van der Waals surface area contributed by atoms with Crippen molar-refractivity contribution in [2.24, 2.45) is 0 Å². The Morgan fingerprint density at radius 3 is 2.30 bits per heavy atom. The number of nitrogens with one attached hydrogen (secondary N) is 1. The van der Waals surface area contributed by atoms with Crippen molar-refractivity contribution >= 4 is 12.1 Å². The van der Waals surface area contributed by atoms with Crippen LogP contribution in [-0.4, -0.2) is 29.9 Å². The van der Waals surface area contributed by atoms with E-state index in [1.165, 1.54) is 7.11 Å². The highest BCUT2D eigenvalue weighted by molar-refractivity contribution is 5.78. The highest BCUT2D eigenvalue weighted by atomic mass is 19.1. The molecule has 0 saturated carbocycles. The second-order valence-electron chi connectivity index (χ2n) is 8.11. The maximum absolute atomic E-state index is 15.3. The quantitative estimate of drug-likeness (QED) is 0.678. The average molecular weight is 417 g/mol. The van der Waals surface area contributed by atoms with Gasteiger partial charge in [0, 0.05) is 5.56 Å². The lowest BCUT2D eigenvalue weighted by atomic mass is 9.91. The molecular formula is C23H28FNO5. The molecule has 0 fully saturated rings. The maximum atomic E-state index is 15.3. The molecule has 0 radical (unpaired) electrons. The molecule has 2 aromatic carbocycles. The van der Waals surface area contributed by atoms with E-state index >= 15 is 4.39 Å². The lowest BCUT2D eigenvalue weighted by Crippen LogP contribution is -2.36. The van der Waals surface area contributed by atoms with Gasteiger partial charge in [0.2, 0.25) is 0 Å². The van der Waals surface area contributed by atoms with Gasteiger partial charge < -0.3 is 19.9 Å². The number of alkyl carbamates (subject to hydrolysis) is 1. The van der Waals surface area contributed by atoms with E-state index < -0.39 is 35.9 Å². The van der Waals surface area contributed by atoms with Crippen molar-refractivity contribution < 1.29 is 28.6 Å². The fourth-order valence-electron chi connectivity index (χ4n) is 3.26. The van der Waals surface area contributed by atoms with Crippen LogP contribution in [0.2, 0.25) is 0 Å². The molecule has 6 nitrogen and oxygen atoms in total. The molecule has 30 heavy (non-hydrogen) atoms. The third-order valence-corrected chi connectivity index (χ3v) is 4.49. The first-order valence-corrected chi connectivity index (χ1v) is 9.59. The van der Waals surface area contributed by atoms with Crippen molar-refractivity contribution in [3.05, 3.63) is 52.8 Å². The van der Waals surface area contributed by atoms with Gasteiger partial charge in [0.25, 0.3) is 0 Å². The molecule has 0 spiro atoms. The number of amides is 1. The molecule has 0 aliphatic rings. The minimum Gasteiger partial charge on any atom is -0.496 e. The number of hydrogen-bond acceptors (Lipinski definition) is 4. The summed E-state index contributed by atoms with van der Waals surface area (Å²) in [6.45, 7) is 8.56. The summed E-state index contributed by atoms with van der Waals surface area (Å²) in [7, 11) is 1.39. The van der Waals surface area contributed by atoms with Gasteiger partial charge in [-0.2, -0.15) is 0 Å². The van der Waals surface area contributed by atoms with E-state index in [-0.39, 0.29) is 11.3 Å². The van der Waals surface area contributed by atoms with E-state index in [1.807, 2.05) is 31.2 Å². The van der Waals surface area contributed by atoms with Crippen LogP contribution in [0.4, 0.5) is 9.18 Å². The molecule has 1 atom stereocenters. The number of benzene rings is 2. The topological polar surface area (TPSA) is 84.9 Å². The highest BCUT2D eigenvalue weighted by Crippen LogP contribution is 2.41. The number of aliphatic carboxylic acids is 1. The van der Waals surface area contributed by atoms with E-state index in [1.54, 1.807) is 33.8 Å². The van der Waals surface area contributed by atoms with Crippen LogP contribution in [0.3, 0.4) is 0 Å². The van der Waals surface area contributed by atoms with Crippen LogP contribution in [0.1, 0.15) is 49.9 Å². The van der Waals surface area contributed by atoms with Crippen LogP contribution < -0.4 is 10.1 Å².